The minimum atomic E-state index is 0.0579. The first-order chi connectivity index (χ1) is 13.5. The number of aromatic nitrogens is 2. The van der Waals surface area contributed by atoms with Crippen LogP contribution in [0.2, 0.25) is 0 Å². The highest BCUT2D eigenvalue weighted by atomic mass is 16.2. The van der Waals surface area contributed by atoms with Crippen molar-refractivity contribution in [2.45, 2.75) is 19.9 Å². The van der Waals surface area contributed by atoms with Gasteiger partial charge in [-0.25, -0.2) is 9.97 Å². The summed E-state index contributed by atoms with van der Waals surface area (Å²) >= 11 is 0. The Bertz CT molecular complexity index is 997. The minimum absolute atomic E-state index is 0.0579. The van der Waals surface area contributed by atoms with Crippen LogP contribution in [0.5, 0.6) is 0 Å². The van der Waals surface area contributed by atoms with Crippen molar-refractivity contribution in [1.82, 2.24) is 14.9 Å². The average Bonchev–Trinajstić information content (AvgIpc) is 2.73. The fourth-order valence-electron chi connectivity index (χ4n) is 3.53. The summed E-state index contributed by atoms with van der Waals surface area (Å²) in [5.74, 6) is 1.68. The molecule has 0 saturated carbocycles. The Labute approximate surface area is 165 Å². The summed E-state index contributed by atoms with van der Waals surface area (Å²) in [6, 6.07) is 17.8. The Morgan fingerprint density at radius 1 is 1.00 bits per heavy atom. The lowest BCUT2D eigenvalue weighted by atomic mass is 10.0. The molecule has 3 aromatic rings. The van der Waals surface area contributed by atoms with Crippen LogP contribution < -0.4 is 4.90 Å². The third-order valence-corrected chi connectivity index (χ3v) is 5.08. The van der Waals surface area contributed by atoms with Gasteiger partial charge in [0.2, 0.25) is 0 Å². The van der Waals surface area contributed by atoms with Gasteiger partial charge in [-0.1, -0.05) is 48.0 Å². The Balaban J connectivity index is 1.68. The van der Waals surface area contributed by atoms with Gasteiger partial charge < -0.3 is 9.80 Å². The van der Waals surface area contributed by atoms with Gasteiger partial charge in [0.1, 0.15) is 5.82 Å². The van der Waals surface area contributed by atoms with Gasteiger partial charge >= 0.3 is 0 Å². The van der Waals surface area contributed by atoms with Crippen molar-refractivity contribution in [3.8, 4) is 11.4 Å². The Kier molecular flexibility index (Phi) is 4.82. The number of carbonyl (C=O) groups excluding carboxylic acids is 1. The topological polar surface area (TPSA) is 49.3 Å². The van der Waals surface area contributed by atoms with Gasteiger partial charge in [-0.15, -0.1) is 0 Å². The van der Waals surface area contributed by atoms with Crippen LogP contribution in [0.3, 0.4) is 0 Å². The maximum Gasteiger partial charge on any atom is 0.254 e. The van der Waals surface area contributed by atoms with E-state index >= 15 is 0 Å². The van der Waals surface area contributed by atoms with Crippen molar-refractivity contribution >= 4 is 11.7 Å². The summed E-state index contributed by atoms with van der Waals surface area (Å²) in [5, 5.41) is 0. The molecule has 4 rings (SSSR count). The van der Waals surface area contributed by atoms with E-state index in [0.717, 1.165) is 46.0 Å². The van der Waals surface area contributed by atoms with Gasteiger partial charge in [-0.3, -0.25) is 4.79 Å². The molecule has 1 aromatic heterocycles. The summed E-state index contributed by atoms with van der Waals surface area (Å²) < 4.78 is 0. The summed E-state index contributed by atoms with van der Waals surface area (Å²) in [7, 11) is 3.97. The Morgan fingerprint density at radius 2 is 1.71 bits per heavy atom. The second kappa shape index (κ2) is 7.43. The maximum absolute atomic E-state index is 13.0. The number of nitrogens with zero attached hydrogens (tertiary/aromatic N) is 4. The first kappa shape index (κ1) is 18.2. The van der Waals surface area contributed by atoms with Crippen LogP contribution in [-0.2, 0) is 13.0 Å². The predicted octanol–water partition coefficient (Wildman–Crippen LogP) is 3.72. The molecule has 5 nitrogen and oxygen atoms in total. The average molecular weight is 372 g/mol. The fourth-order valence-corrected chi connectivity index (χ4v) is 3.53. The number of carbonyl (C=O) groups is 1. The van der Waals surface area contributed by atoms with E-state index in [4.69, 9.17) is 9.97 Å². The first-order valence-electron chi connectivity index (χ1n) is 9.51. The second-order valence-corrected chi connectivity index (χ2v) is 7.40. The lowest BCUT2D eigenvalue weighted by Crippen LogP contribution is -2.37. The van der Waals surface area contributed by atoms with Crippen LogP contribution in [0, 0.1) is 6.92 Å². The smallest absolute Gasteiger partial charge is 0.254 e. The zero-order valence-electron chi connectivity index (χ0n) is 16.5. The van der Waals surface area contributed by atoms with E-state index in [1.807, 2.05) is 85.4 Å². The van der Waals surface area contributed by atoms with E-state index in [2.05, 4.69) is 0 Å². The molecule has 0 fully saturated rings. The molecule has 1 aliphatic heterocycles. The van der Waals surface area contributed by atoms with E-state index < -0.39 is 0 Å². The van der Waals surface area contributed by atoms with Crippen LogP contribution in [0.1, 0.15) is 27.2 Å². The lowest BCUT2D eigenvalue weighted by molar-refractivity contribution is 0.0733. The molecule has 0 unspecified atom stereocenters. The summed E-state index contributed by atoms with van der Waals surface area (Å²) in [6.07, 6.45) is 0.732. The van der Waals surface area contributed by atoms with Crippen molar-refractivity contribution in [2.24, 2.45) is 0 Å². The largest absolute Gasteiger partial charge is 0.362 e. The number of hydrogen-bond acceptors (Lipinski definition) is 4. The molecule has 5 heteroatoms. The zero-order valence-corrected chi connectivity index (χ0v) is 16.5. The normalized spacial score (nSPS) is 13.2. The number of anilines is 1. The number of hydrogen-bond donors (Lipinski definition) is 0. The van der Waals surface area contributed by atoms with Gasteiger partial charge in [-0.05, 0) is 19.1 Å². The Hall–Kier alpha value is -3.21. The van der Waals surface area contributed by atoms with E-state index in [1.165, 1.54) is 0 Å². The van der Waals surface area contributed by atoms with E-state index in [-0.39, 0.29) is 5.91 Å². The van der Waals surface area contributed by atoms with Crippen LogP contribution in [0.4, 0.5) is 5.82 Å². The molecule has 142 valence electrons. The lowest BCUT2D eigenvalue weighted by Gasteiger charge is -2.31. The molecule has 1 aliphatic rings. The molecular formula is C23H24N4O. The van der Waals surface area contributed by atoms with E-state index in [0.29, 0.717) is 13.1 Å². The molecule has 0 atom stereocenters. The van der Waals surface area contributed by atoms with Crippen LogP contribution in [-0.4, -0.2) is 41.4 Å². The predicted molar refractivity (Wildman–Crippen MR) is 111 cm³/mol. The highest BCUT2D eigenvalue weighted by Gasteiger charge is 2.27. The van der Waals surface area contributed by atoms with Gasteiger partial charge in [0.05, 0.1) is 12.2 Å². The molecular weight excluding hydrogens is 348 g/mol. The van der Waals surface area contributed by atoms with Crippen LogP contribution in [0.25, 0.3) is 11.4 Å². The van der Waals surface area contributed by atoms with Crippen LogP contribution in [0.15, 0.2) is 54.6 Å². The number of fused-ring (bicyclic) bond motifs is 1. The first-order valence-corrected chi connectivity index (χ1v) is 9.51. The molecule has 0 saturated heterocycles. The standard InChI is InChI=1S/C23H24N4O/c1-16-9-11-18(12-10-16)23(28)27-14-13-20-19(15-27)22(26(2)3)25-21(24-20)17-7-5-4-6-8-17/h4-12H,13-15H2,1-3H3. The van der Waals surface area contributed by atoms with E-state index in [9.17, 15) is 4.79 Å². The molecule has 0 bridgehead atoms. The van der Waals surface area contributed by atoms with Crippen molar-refractivity contribution < 1.29 is 4.79 Å². The van der Waals surface area contributed by atoms with Gasteiger partial charge in [-0.2, -0.15) is 0 Å². The molecule has 0 aliphatic carbocycles. The summed E-state index contributed by atoms with van der Waals surface area (Å²) in [4.78, 5) is 26.5. The van der Waals surface area contributed by atoms with Gasteiger partial charge in [0, 0.05) is 43.8 Å². The molecule has 2 heterocycles. The SMILES string of the molecule is Cc1ccc(C(=O)N2CCc3nc(-c4ccccc4)nc(N(C)C)c3C2)cc1. The van der Waals surface area contributed by atoms with Crippen molar-refractivity contribution in [3.05, 3.63) is 77.0 Å². The molecule has 28 heavy (non-hydrogen) atoms. The summed E-state index contributed by atoms with van der Waals surface area (Å²) in [5.41, 5.74) is 4.95. The fraction of sp³-hybridized carbons (Fsp3) is 0.261. The van der Waals surface area contributed by atoms with Gasteiger partial charge in [0.15, 0.2) is 5.82 Å². The van der Waals surface area contributed by atoms with Crippen LogP contribution >= 0.6 is 0 Å². The number of amides is 1. The molecule has 0 N–H and O–H groups in total. The molecule has 0 radical (unpaired) electrons. The highest BCUT2D eigenvalue weighted by molar-refractivity contribution is 5.94. The molecule has 0 spiro atoms. The van der Waals surface area contributed by atoms with Gasteiger partial charge in [0.25, 0.3) is 5.91 Å². The second-order valence-electron chi connectivity index (χ2n) is 7.40. The zero-order chi connectivity index (χ0) is 19.7. The van der Waals surface area contributed by atoms with E-state index in [1.54, 1.807) is 0 Å². The maximum atomic E-state index is 13.0. The van der Waals surface area contributed by atoms with Crippen molar-refractivity contribution in [1.29, 1.82) is 0 Å². The monoisotopic (exact) mass is 372 g/mol. The highest BCUT2D eigenvalue weighted by Crippen LogP contribution is 2.29. The quantitative estimate of drug-likeness (QED) is 0.703. The summed E-state index contributed by atoms with van der Waals surface area (Å²) in [6.45, 7) is 3.22. The Morgan fingerprint density at radius 3 is 2.39 bits per heavy atom. The van der Waals surface area contributed by atoms with Crippen molar-refractivity contribution in [2.75, 3.05) is 25.5 Å². The molecule has 2 aromatic carbocycles. The third-order valence-electron chi connectivity index (χ3n) is 5.08. The molecule has 1 amide bonds. The number of benzene rings is 2. The minimum Gasteiger partial charge on any atom is -0.362 e. The van der Waals surface area contributed by atoms with Crippen molar-refractivity contribution in [3.63, 3.8) is 0 Å². The number of aryl methyl sites for hydroxylation is 1. The third kappa shape index (κ3) is 3.48. The number of rotatable bonds is 3.